The number of aromatic carboxylic acids is 1. The summed E-state index contributed by atoms with van der Waals surface area (Å²) < 4.78 is 0. The lowest BCUT2D eigenvalue weighted by Gasteiger charge is -2.15. The number of thiophene rings is 1. The number of carboxylic acids is 1. The number of rotatable bonds is 3. The third kappa shape index (κ3) is 2.56. The third-order valence-corrected chi connectivity index (χ3v) is 3.33. The van der Waals surface area contributed by atoms with Gasteiger partial charge in [-0.15, -0.1) is 11.3 Å². The second-order valence-corrected chi connectivity index (χ2v) is 4.58. The average Bonchev–Trinajstić information content (AvgIpc) is 2.64. The van der Waals surface area contributed by atoms with Crippen LogP contribution in [0.2, 0.25) is 0 Å². The van der Waals surface area contributed by atoms with Crippen molar-refractivity contribution in [3.05, 3.63) is 21.9 Å². The van der Waals surface area contributed by atoms with E-state index in [4.69, 9.17) is 5.11 Å². The van der Waals surface area contributed by atoms with Gasteiger partial charge in [-0.25, -0.2) is 4.79 Å². The Kier molecular flexibility index (Phi) is 3.47. The fourth-order valence-electron chi connectivity index (χ4n) is 1.21. The van der Waals surface area contributed by atoms with Gasteiger partial charge in [-0.2, -0.15) is 0 Å². The Bertz CT molecular complexity index is 384. The SMILES string of the molecule is C[C@@H](C(=O)N(C)C)c1ccc(C(=O)O)s1. The first-order valence-electron chi connectivity index (χ1n) is 4.47. The molecule has 1 aromatic rings. The highest BCUT2D eigenvalue weighted by molar-refractivity contribution is 7.14. The van der Waals surface area contributed by atoms with Crippen molar-refractivity contribution >= 4 is 23.2 Å². The van der Waals surface area contributed by atoms with E-state index in [1.165, 1.54) is 11.0 Å². The largest absolute Gasteiger partial charge is 0.477 e. The van der Waals surface area contributed by atoms with E-state index < -0.39 is 5.97 Å². The zero-order chi connectivity index (χ0) is 11.6. The quantitative estimate of drug-likeness (QED) is 0.854. The van der Waals surface area contributed by atoms with E-state index in [-0.39, 0.29) is 16.7 Å². The second kappa shape index (κ2) is 4.44. The van der Waals surface area contributed by atoms with Crippen molar-refractivity contribution in [1.29, 1.82) is 0 Å². The number of carboxylic acid groups (broad SMARTS) is 1. The molecular formula is C10H13NO3S. The molecule has 1 aromatic heterocycles. The number of nitrogens with zero attached hydrogens (tertiary/aromatic N) is 1. The molecule has 82 valence electrons. The van der Waals surface area contributed by atoms with Crippen LogP contribution in [-0.2, 0) is 4.79 Å². The molecule has 0 radical (unpaired) electrons. The summed E-state index contributed by atoms with van der Waals surface area (Å²) in [6, 6.07) is 3.22. The molecule has 0 aliphatic heterocycles. The lowest BCUT2D eigenvalue weighted by atomic mass is 10.1. The Morgan fingerprint density at radius 2 is 2.00 bits per heavy atom. The van der Waals surface area contributed by atoms with Gasteiger partial charge in [0.2, 0.25) is 5.91 Å². The summed E-state index contributed by atoms with van der Waals surface area (Å²) in [6.45, 7) is 1.78. The molecule has 0 fully saturated rings. The van der Waals surface area contributed by atoms with Crippen molar-refractivity contribution in [1.82, 2.24) is 4.90 Å². The van der Waals surface area contributed by atoms with E-state index in [2.05, 4.69) is 0 Å². The van der Waals surface area contributed by atoms with Gasteiger partial charge in [0, 0.05) is 19.0 Å². The molecular weight excluding hydrogens is 214 g/mol. The van der Waals surface area contributed by atoms with Gasteiger partial charge in [-0.1, -0.05) is 0 Å². The Morgan fingerprint density at radius 1 is 1.40 bits per heavy atom. The predicted molar refractivity (Wildman–Crippen MR) is 58.4 cm³/mol. The monoisotopic (exact) mass is 227 g/mol. The minimum atomic E-state index is -0.948. The number of hydrogen-bond acceptors (Lipinski definition) is 3. The molecule has 0 aliphatic carbocycles. The Balaban J connectivity index is 2.87. The van der Waals surface area contributed by atoms with Crippen LogP contribution in [0.4, 0.5) is 0 Å². The summed E-state index contributed by atoms with van der Waals surface area (Å²) in [6.07, 6.45) is 0. The summed E-state index contributed by atoms with van der Waals surface area (Å²) in [7, 11) is 3.37. The molecule has 15 heavy (non-hydrogen) atoms. The van der Waals surface area contributed by atoms with Gasteiger partial charge < -0.3 is 10.0 Å². The first kappa shape index (κ1) is 11.7. The average molecular weight is 227 g/mol. The van der Waals surface area contributed by atoms with Crippen LogP contribution in [0, 0.1) is 0 Å². The number of hydrogen-bond donors (Lipinski definition) is 1. The van der Waals surface area contributed by atoms with Crippen molar-refractivity contribution in [3.8, 4) is 0 Å². The Morgan fingerprint density at radius 3 is 2.40 bits per heavy atom. The first-order valence-corrected chi connectivity index (χ1v) is 5.29. The predicted octanol–water partition coefficient (Wildman–Crippen LogP) is 1.64. The van der Waals surface area contributed by atoms with Gasteiger partial charge in [0.25, 0.3) is 0 Å². The van der Waals surface area contributed by atoms with Crippen molar-refractivity contribution in [3.63, 3.8) is 0 Å². The maximum Gasteiger partial charge on any atom is 0.345 e. The lowest BCUT2D eigenvalue weighted by Crippen LogP contribution is -2.26. The number of carbonyl (C=O) groups excluding carboxylic acids is 1. The maximum atomic E-state index is 11.6. The van der Waals surface area contributed by atoms with Crippen LogP contribution in [-0.4, -0.2) is 36.0 Å². The molecule has 5 heteroatoms. The Labute approximate surface area is 92.1 Å². The number of amides is 1. The molecule has 1 rings (SSSR count). The normalized spacial score (nSPS) is 12.2. The lowest BCUT2D eigenvalue weighted by molar-refractivity contribution is -0.129. The summed E-state index contributed by atoms with van der Waals surface area (Å²) in [4.78, 5) is 24.8. The number of carbonyl (C=O) groups is 2. The molecule has 4 nitrogen and oxygen atoms in total. The fraction of sp³-hybridized carbons (Fsp3) is 0.400. The van der Waals surface area contributed by atoms with Gasteiger partial charge >= 0.3 is 5.97 Å². The molecule has 0 aromatic carbocycles. The summed E-state index contributed by atoms with van der Waals surface area (Å²) in [5.74, 6) is -1.25. The molecule has 1 amide bonds. The number of likely N-dealkylation sites (N-methyl/N-ethyl adjacent to an activating group) is 1. The fourth-order valence-corrected chi connectivity index (χ4v) is 2.10. The van der Waals surface area contributed by atoms with Crippen molar-refractivity contribution in [2.75, 3.05) is 14.1 Å². The summed E-state index contributed by atoms with van der Waals surface area (Å²) in [5, 5.41) is 8.74. The van der Waals surface area contributed by atoms with Crippen LogP contribution in [0.3, 0.4) is 0 Å². The van der Waals surface area contributed by atoms with E-state index in [0.29, 0.717) is 0 Å². The molecule has 1 N–H and O–H groups in total. The molecule has 1 atom stereocenters. The van der Waals surface area contributed by atoms with Crippen molar-refractivity contribution < 1.29 is 14.7 Å². The molecule has 0 unspecified atom stereocenters. The van der Waals surface area contributed by atoms with Crippen molar-refractivity contribution in [2.45, 2.75) is 12.8 Å². The van der Waals surface area contributed by atoms with Crippen molar-refractivity contribution in [2.24, 2.45) is 0 Å². The second-order valence-electron chi connectivity index (χ2n) is 3.46. The van der Waals surface area contributed by atoms with Crippen LogP contribution in [0.25, 0.3) is 0 Å². The van der Waals surface area contributed by atoms with Gasteiger partial charge in [0.1, 0.15) is 4.88 Å². The Hall–Kier alpha value is -1.36. The maximum absolute atomic E-state index is 11.6. The van der Waals surface area contributed by atoms with Crippen LogP contribution < -0.4 is 0 Å². The van der Waals surface area contributed by atoms with E-state index >= 15 is 0 Å². The summed E-state index contributed by atoms with van der Waals surface area (Å²) in [5.41, 5.74) is 0. The molecule has 0 bridgehead atoms. The van der Waals surface area contributed by atoms with E-state index in [0.717, 1.165) is 16.2 Å². The third-order valence-electron chi connectivity index (χ3n) is 2.08. The minimum absolute atomic E-state index is 0.0196. The van der Waals surface area contributed by atoms with E-state index in [9.17, 15) is 9.59 Å². The topological polar surface area (TPSA) is 57.6 Å². The van der Waals surface area contributed by atoms with Crippen LogP contribution in [0.15, 0.2) is 12.1 Å². The van der Waals surface area contributed by atoms with E-state index in [1.807, 2.05) is 0 Å². The molecule has 1 heterocycles. The molecule has 0 saturated heterocycles. The van der Waals surface area contributed by atoms with Gasteiger partial charge in [-0.05, 0) is 19.1 Å². The zero-order valence-electron chi connectivity index (χ0n) is 8.85. The molecule has 0 spiro atoms. The smallest absolute Gasteiger partial charge is 0.345 e. The molecule has 0 aliphatic rings. The molecule has 0 saturated carbocycles. The van der Waals surface area contributed by atoms with Crippen LogP contribution in [0.1, 0.15) is 27.4 Å². The van der Waals surface area contributed by atoms with E-state index in [1.54, 1.807) is 27.1 Å². The minimum Gasteiger partial charge on any atom is -0.477 e. The highest BCUT2D eigenvalue weighted by atomic mass is 32.1. The van der Waals surface area contributed by atoms with Gasteiger partial charge in [-0.3, -0.25) is 4.79 Å². The summed E-state index contributed by atoms with van der Waals surface area (Å²) >= 11 is 1.15. The zero-order valence-corrected chi connectivity index (χ0v) is 9.67. The van der Waals surface area contributed by atoms with Gasteiger partial charge in [0.15, 0.2) is 0 Å². The van der Waals surface area contributed by atoms with Crippen LogP contribution >= 0.6 is 11.3 Å². The highest BCUT2D eigenvalue weighted by Gasteiger charge is 2.19. The highest BCUT2D eigenvalue weighted by Crippen LogP contribution is 2.25. The first-order chi connectivity index (χ1) is 6.93. The van der Waals surface area contributed by atoms with Crippen LogP contribution in [0.5, 0.6) is 0 Å². The standard InChI is InChI=1S/C10H13NO3S/c1-6(9(12)11(2)3)7-4-5-8(15-7)10(13)14/h4-6H,1-3H3,(H,13,14)/t6-/m1/s1. The van der Waals surface area contributed by atoms with Gasteiger partial charge in [0.05, 0.1) is 5.92 Å².